The van der Waals surface area contributed by atoms with E-state index in [2.05, 4.69) is 13.8 Å². The molecule has 0 bridgehead atoms. The molecule has 0 aromatic heterocycles. The number of hydrogen-bond donors (Lipinski definition) is 1. The van der Waals surface area contributed by atoms with E-state index in [1.807, 2.05) is 0 Å². The average Bonchev–Trinajstić information content (AvgIpc) is 2.97. The number of hydrogen-bond acceptors (Lipinski definition) is 1. The Morgan fingerprint density at radius 2 is 1.67 bits per heavy atom. The van der Waals surface area contributed by atoms with Crippen molar-refractivity contribution in [3.8, 4) is 0 Å². The molecule has 0 spiro atoms. The van der Waals surface area contributed by atoms with Gasteiger partial charge in [0, 0.05) is 5.75 Å². The Bertz CT molecular complexity index is 548. The second kappa shape index (κ2) is 8.09. The van der Waals surface area contributed by atoms with Crippen LogP contribution in [-0.2, 0) is 11.1 Å². The molecule has 0 aliphatic heterocycles. The van der Waals surface area contributed by atoms with Crippen LogP contribution in [0.15, 0.2) is 0 Å². The normalized spacial score (nSPS) is 47.7. The first kappa shape index (κ1) is 20.4. The molecule has 4 fully saturated rings. The molecule has 0 radical (unpaired) electrons. The molecular formula is C24H42O2S. The number of unbranched alkanes of at least 4 members (excludes halogenated alkanes) is 2. The summed E-state index contributed by atoms with van der Waals surface area (Å²) in [7, 11) is 0. The van der Waals surface area contributed by atoms with Crippen molar-refractivity contribution in [2.45, 2.75) is 104 Å². The van der Waals surface area contributed by atoms with Gasteiger partial charge in [0.1, 0.15) is 0 Å². The fraction of sp³-hybridized carbons (Fsp3) is 1.00. The molecule has 0 aromatic rings. The predicted octanol–water partition coefficient (Wildman–Crippen LogP) is 6.82. The van der Waals surface area contributed by atoms with Crippen LogP contribution in [0.25, 0.3) is 0 Å². The van der Waals surface area contributed by atoms with Gasteiger partial charge in [0.25, 0.3) is 0 Å². The van der Waals surface area contributed by atoms with E-state index in [1.165, 1.54) is 77.0 Å². The highest BCUT2D eigenvalue weighted by Gasteiger charge is 2.59. The lowest BCUT2D eigenvalue weighted by atomic mass is 9.45. The van der Waals surface area contributed by atoms with Gasteiger partial charge in [-0.1, -0.05) is 39.5 Å². The fourth-order valence-electron chi connectivity index (χ4n) is 8.67. The molecule has 4 rings (SSSR count). The third-order valence-electron chi connectivity index (χ3n) is 10.2. The van der Waals surface area contributed by atoms with E-state index in [1.54, 1.807) is 0 Å². The van der Waals surface area contributed by atoms with Crippen LogP contribution in [0.4, 0.5) is 0 Å². The molecule has 8 unspecified atom stereocenters. The van der Waals surface area contributed by atoms with Crippen LogP contribution in [0.2, 0.25) is 0 Å². The van der Waals surface area contributed by atoms with Gasteiger partial charge in [0.2, 0.25) is 0 Å². The van der Waals surface area contributed by atoms with E-state index >= 15 is 0 Å². The summed E-state index contributed by atoms with van der Waals surface area (Å²) in [4.78, 5) is 0. The lowest BCUT2D eigenvalue weighted by molar-refractivity contribution is -0.111. The molecule has 4 aliphatic rings. The Morgan fingerprint density at radius 1 is 0.852 bits per heavy atom. The molecule has 27 heavy (non-hydrogen) atoms. The molecule has 4 saturated carbocycles. The summed E-state index contributed by atoms with van der Waals surface area (Å²) in [6.45, 7) is 5.34. The zero-order chi connectivity index (χ0) is 19.1. The van der Waals surface area contributed by atoms with Crippen molar-refractivity contribution in [3.63, 3.8) is 0 Å². The summed E-state index contributed by atoms with van der Waals surface area (Å²) in [5.74, 6) is 5.45. The second-order valence-corrected chi connectivity index (χ2v) is 12.1. The predicted molar refractivity (Wildman–Crippen MR) is 114 cm³/mol. The van der Waals surface area contributed by atoms with Crippen LogP contribution < -0.4 is 0 Å². The van der Waals surface area contributed by atoms with E-state index in [-0.39, 0.29) is 0 Å². The van der Waals surface area contributed by atoms with E-state index < -0.39 is 11.1 Å². The van der Waals surface area contributed by atoms with Gasteiger partial charge in [-0.15, -0.1) is 0 Å². The van der Waals surface area contributed by atoms with Crippen LogP contribution in [0.3, 0.4) is 0 Å². The Kier molecular flexibility index (Phi) is 6.11. The van der Waals surface area contributed by atoms with Gasteiger partial charge in [-0.05, 0) is 105 Å². The molecule has 0 heterocycles. The molecule has 1 N–H and O–H groups in total. The molecule has 0 amide bonds. The summed E-state index contributed by atoms with van der Waals surface area (Å²) < 4.78 is 19.8. The lowest BCUT2D eigenvalue weighted by Gasteiger charge is -2.60. The highest BCUT2D eigenvalue weighted by atomic mass is 32.2. The van der Waals surface area contributed by atoms with Gasteiger partial charge >= 0.3 is 0 Å². The Labute approximate surface area is 169 Å². The highest BCUT2D eigenvalue weighted by molar-refractivity contribution is 7.79. The van der Waals surface area contributed by atoms with Crippen molar-refractivity contribution in [3.05, 3.63) is 0 Å². The number of fused-ring (bicyclic) bond motifs is 5. The minimum atomic E-state index is -1.60. The van der Waals surface area contributed by atoms with Gasteiger partial charge in [-0.3, -0.25) is 0 Å². The first-order valence-corrected chi connectivity index (χ1v) is 13.3. The quantitative estimate of drug-likeness (QED) is 0.396. The van der Waals surface area contributed by atoms with E-state index in [9.17, 15) is 4.21 Å². The third-order valence-corrected chi connectivity index (χ3v) is 10.8. The van der Waals surface area contributed by atoms with Crippen molar-refractivity contribution in [2.24, 2.45) is 40.4 Å². The van der Waals surface area contributed by atoms with Gasteiger partial charge in [0.15, 0.2) is 11.1 Å². The topological polar surface area (TPSA) is 37.3 Å². The molecule has 3 heteroatoms. The summed E-state index contributed by atoms with van der Waals surface area (Å²) in [5, 5.41) is 0. The van der Waals surface area contributed by atoms with Gasteiger partial charge in [-0.25, -0.2) is 4.21 Å². The standard InChI is InChI=1S/C24H42O2S/c1-23-15-6-5-9-18(23)10-12-20-21-13-11-19(8-4-3-7-17-27(25)26)24(21,2)16-14-22(20)23/h18-22H,3-17H2,1-2H3,(H,25,26). The molecule has 0 aromatic carbocycles. The summed E-state index contributed by atoms with van der Waals surface area (Å²) in [6, 6.07) is 0. The Balaban J connectivity index is 1.38. The fourth-order valence-corrected chi connectivity index (χ4v) is 9.12. The summed E-state index contributed by atoms with van der Waals surface area (Å²) in [5.41, 5.74) is 1.26. The van der Waals surface area contributed by atoms with E-state index in [0.29, 0.717) is 16.6 Å². The molecule has 156 valence electrons. The minimum absolute atomic E-state index is 0.466. The number of rotatable bonds is 6. The summed E-state index contributed by atoms with van der Waals surface area (Å²) in [6.07, 6.45) is 19.7. The zero-order valence-electron chi connectivity index (χ0n) is 17.8. The van der Waals surface area contributed by atoms with Crippen molar-refractivity contribution in [2.75, 3.05) is 5.75 Å². The van der Waals surface area contributed by atoms with Crippen LogP contribution in [0, 0.1) is 40.4 Å². The summed E-state index contributed by atoms with van der Waals surface area (Å²) >= 11 is -1.60. The molecule has 4 aliphatic carbocycles. The molecule has 8 atom stereocenters. The smallest absolute Gasteiger partial charge is 0.152 e. The van der Waals surface area contributed by atoms with Crippen molar-refractivity contribution < 1.29 is 8.76 Å². The van der Waals surface area contributed by atoms with Crippen molar-refractivity contribution in [1.29, 1.82) is 0 Å². The van der Waals surface area contributed by atoms with E-state index in [4.69, 9.17) is 4.55 Å². The maximum Gasteiger partial charge on any atom is 0.152 e. The molecular weight excluding hydrogens is 352 g/mol. The largest absolute Gasteiger partial charge is 0.306 e. The van der Waals surface area contributed by atoms with Crippen LogP contribution in [-0.4, -0.2) is 14.5 Å². The van der Waals surface area contributed by atoms with E-state index in [0.717, 1.165) is 42.4 Å². The Hall–Kier alpha value is 0.110. The maximum absolute atomic E-state index is 10.8. The first-order valence-electron chi connectivity index (χ1n) is 12.0. The van der Waals surface area contributed by atoms with Gasteiger partial charge < -0.3 is 4.55 Å². The molecule has 2 nitrogen and oxygen atoms in total. The van der Waals surface area contributed by atoms with Crippen molar-refractivity contribution >= 4 is 11.1 Å². The third kappa shape index (κ3) is 3.69. The first-order chi connectivity index (χ1) is 12.9. The second-order valence-electron chi connectivity index (χ2n) is 11.1. The molecule has 0 saturated heterocycles. The highest BCUT2D eigenvalue weighted by Crippen LogP contribution is 2.67. The lowest BCUT2D eigenvalue weighted by Crippen LogP contribution is -2.52. The van der Waals surface area contributed by atoms with Gasteiger partial charge in [-0.2, -0.15) is 0 Å². The maximum atomic E-state index is 10.8. The minimum Gasteiger partial charge on any atom is -0.306 e. The van der Waals surface area contributed by atoms with Crippen LogP contribution >= 0.6 is 0 Å². The monoisotopic (exact) mass is 394 g/mol. The zero-order valence-corrected chi connectivity index (χ0v) is 18.6. The average molecular weight is 395 g/mol. The Morgan fingerprint density at radius 3 is 2.48 bits per heavy atom. The SMILES string of the molecule is CC12CCCCC1CCC1C2CCC2(C)C(CCCCCS(=O)O)CCC12. The van der Waals surface area contributed by atoms with Crippen LogP contribution in [0.1, 0.15) is 104 Å². The van der Waals surface area contributed by atoms with Crippen molar-refractivity contribution in [1.82, 2.24) is 0 Å². The van der Waals surface area contributed by atoms with Gasteiger partial charge in [0.05, 0.1) is 0 Å². The van der Waals surface area contributed by atoms with Crippen LogP contribution in [0.5, 0.6) is 0 Å².